The first kappa shape index (κ1) is 14.5. The largest absolute Gasteiger partial charge is 0.398 e. The number of benzene rings is 2. The van der Waals surface area contributed by atoms with Crippen LogP contribution >= 0.6 is 0 Å². The Kier molecular flexibility index (Phi) is 3.77. The number of ketones is 2. The van der Waals surface area contributed by atoms with Crippen molar-refractivity contribution in [3.05, 3.63) is 64.2 Å². The number of anilines is 1. The SMILES string of the molecule is CCCOCc1ccc2c(c1N)C(=O)c1ccccc1C2=O. The second-order valence-corrected chi connectivity index (χ2v) is 5.32. The molecule has 22 heavy (non-hydrogen) atoms. The van der Waals surface area contributed by atoms with Crippen molar-refractivity contribution in [3.63, 3.8) is 0 Å². The fourth-order valence-electron chi connectivity index (χ4n) is 2.71. The first-order valence-electron chi connectivity index (χ1n) is 7.32. The van der Waals surface area contributed by atoms with E-state index in [1.165, 1.54) is 0 Å². The number of ether oxygens (including phenoxy) is 1. The number of nitrogens with two attached hydrogens (primary N) is 1. The third kappa shape index (κ3) is 2.22. The van der Waals surface area contributed by atoms with Gasteiger partial charge in [-0.25, -0.2) is 0 Å². The molecule has 0 radical (unpaired) electrons. The molecule has 2 aromatic carbocycles. The molecule has 0 amide bonds. The predicted octanol–water partition coefficient (Wildman–Crippen LogP) is 2.97. The van der Waals surface area contributed by atoms with Crippen LogP contribution in [0, 0.1) is 0 Å². The van der Waals surface area contributed by atoms with Crippen LogP contribution in [-0.4, -0.2) is 18.2 Å². The Labute approximate surface area is 128 Å². The summed E-state index contributed by atoms with van der Waals surface area (Å²) in [4.78, 5) is 25.2. The average molecular weight is 295 g/mol. The molecule has 4 nitrogen and oxygen atoms in total. The molecule has 0 heterocycles. The zero-order valence-electron chi connectivity index (χ0n) is 12.4. The van der Waals surface area contributed by atoms with Gasteiger partial charge in [0.05, 0.1) is 12.2 Å². The smallest absolute Gasteiger partial charge is 0.196 e. The summed E-state index contributed by atoms with van der Waals surface area (Å²) in [5.74, 6) is -0.349. The van der Waals surface area contributed by atoms with Gasteiger partial charge in [-0.2, -0.15) is 0 Å². The third-order valence-corrected chi connectivity index (χ3v) is 3.83. The van der Waals surface area contributed by atoms with Crippen LogP contribution in [0.2, 0.25) is 0 Å². The van der Waals surface area contributed by atoms with Gasteiger partial charge in [0.25, 0.3) is 0 Å². The Morgan fingerprint density at radius 3 is 2.32 bits per heavy atom. The Balaban J connectivity index is 2.07. The Bertz CT molecular complexity index is 765. The van der Waals surface area contributed by atoms with E-state index in [-0.39, 0.29) is 11.6 Å². The fourth-order valence-corrected chi connectivity index (χ4v) is 2.71. The van der Waals surface area contributed by atoms with Crippen LogP contribution in [0.1, 0.15) is 50.8 Å². The Morgan fingerprint density at radius 2 is 1.64 bits per heavy atom. The second kappa shape index (κ2) is 5.73. The second-order valence-electron chi connectivity index (χ2n) is 5.32. The van der Waals surface area contributed by atoms with E-state index in [4.69, 9.17) is 10.5 Å². The van der Waals surface area contributed by atoms with Gasteiger partial charge in [0, 0.05) is 34.5 Å². The first-order chi connectivity index (χ1) is 10.6. The van der Waals surface area contributed by atoms with E-state index in [9.17, 15) is 9.59 Å². The van der Waals surface area contributed by atoms with E-state index in [2.05, 4.69) is 0 Å². The molecule has 0 saturated carbocycles. The molecule has 0 bridgehead atoms. The summed E-state index contributed by atoms with van der Waals surface area (Å²) in [6.45, 7) is 3.00. The maximum Gasteiger partial charge on any atom is 0.196 e. The highest BCUT2D eigenvalue weighted by Gasteiger charge is 2.31. The summed E-state index contributed by atoms with van der Waals surface area (Å²) in [7, 11) is 0. The minimum Gasteiger partial charge on any atom is -0.398 e. The van der Waals surface area contributed by atoms with Gasteiger partial charge < -0.3 is 10.5 Å². The van der Waals surface area contributed by atoms with Crippen LogP contribution in [-0.2, 0) is 11.3 Å². The minimum absolute atomic E-state index is 0.155. The molecule has 0 fully saturated rings. The molecule has 112 valence electrons. The molecular formula is C18H17NO3. The highest BCUT2D eigenvalue weighted by molar-refractivity contribution is 6.30. The molecule has 2 N–H and O–H groups in total. The lowest BCUT2D eigenvalue weighted by molar-refractivity contribution is 0.0978. The first-order valence-corrected chi connectivity index (χ1v) is 7.32. The van der Waals surface area contributed by atoms with E-state index in [0.29, 0.717) is 41.2 Å². The number of hydrogen-bond acceptors (Lipinski definition) is 4. The lowest BCUT2D eigenvalue weighted by atomic mass is 9.82. The van der Waals surface area contributed by atoms with E-state index >= 15 is 0 Å². The monoisotopic (exact) mass is 295 g/mol. The van der Waals surface area contributed by atoms with Gasteiger partial charge >= 0.3 is 0 Å². The van der Waals surface area contributed by atoms with Crippen LogP contribution in [0.3, 0.4) is 0 Å². The maximum absolute atomic E-state index is 12.7. The zero-order valence-corrected chi connectivity index (χ0v) is 12.4. The molecule has 1 aliphatic carbocycles. The van der Waals surface area contributed by atoms with E-state index in [1.807, 2.05) is 6.92 Å². The molecule has 0 aliphatic heterocycles. The van der Waals surface area contributed by atoms with Crippen molar-refractivity contribution < 1.29 is 14.3 Å². The van der Waals surface area contributed by atoms with Crippen LogP contribution < -0.4 is 5.73 Å². The number of rotatable bonds is 4. The molecular weight excluding hydrogens is 278 g/mol. The van der Waals surface area contributed by atoms with Gasteiger partial charge in [0.15, 0.2) is 11.6 Å². The number of carbonyl (C=O) groups is 2. The molecule has 4 heteroatoms. The summed E-state index contributed by atoms with van der Waals surface area (Å²) < 4.78 is 5.50. The minimum atomic E-state index is -0.194. The summed E-state index contributed by atoms with van der Waals surface area (Å²) in [5, 5.41) is 0. The third-order valence-electron chi connectivity index (χ3n) is 3.83. The van der Waals surface area contributed by atoms with E-state index in [1.54, 1.807) is 36.4 Å². The summed E-state index contributed by atoms with van der Waals surface area (Å²) in [5.41, 5.74) is 8.77. The molecule has 0 saturated heterocycles. The van der Waals surface area contributed by atoms with Crippen LogP contribution in [0.25, 0.3) is 0 Å². The average Bonchev–Trinajstić information content (AvgIpc) is 2.54. The van der Waals surface area contributed by atoms with Crippen molar-refractivity contribution in [3.8, 4) is 0 Å². The normalized spacial score (nSPS) is 13.0. The summed E-state index contributed by atoms with van der Waals surface area (Å²) in [6, 6.07) is 10.3. The predicted molar refractivity (Wildman–Crippen MR) is 84.1 cm³/mol. The molecule has 1 aliphatic rings. The number of carbonyl (C=O) groups excluding carboxylic acids is 2. The zero-order chi connectivity index (χ0) is 15.7. The van der Waals surface area contributed by atoms with Gasteiger partial charge in [0.2, 0.25) is 0 Å². The Hall–Kier alpha value is -2.46. The van der Waals surface area contributed by atoms with Crippen LogP contribution in [0.15, 0.2) is 36.4 Å². The molecule has 0 spiro atoms. The highest BCUT2D eigenvalue weighted by Crippen LogP contribution is 2.32. The lowest BCUT2D eigenvalue weighted by Crippen LogP contribution is -2.23. The van der Waals surface area contributed by atoms with E-state index < -0.39 is 0 Å². The van der Waals surface area contributed by atoms with Gasteiger partial charge in [0.1, 0.15) is 0 Å². The quantitative estimate of drug-likeness (QED) is 0.593. The van der Waals surface area contributed by atoms with Crippen LogP contribution in [0.5, 0.6) is 0 Å². The molecule has 0 unspecified atom stereocenters. The maximum atomic E-state index is 12.7. The Morgan fingerprint density at radius 1 is 0.955 bits per heavy atom. The topological polar surface area (TPSA) is 69.4 Å². The molecule has 3 rings (SSSR count). The lowest BCUT2D eigenvalue weighted by Gasteiger charge is -2.20. The van der Waals surface area contributed by atoms with Crippen molar-refractivity contribution in [2.24, 2.45) is 0 Å². The van der Waals surface area contributed by atoms with Gasteiger partial charge in [-0.1, -0.05) is 37.3 Å². The number of hydrogen-bond donors (Lipinski definition) is 1. The number of nitrogen functional groups attached to an aromatic ring is 1. The summed E-state index contributed by atoms with van der Waals surface area (Å²) >= 11 is 0. The summed E-state index contributed by atoms with van der Waals surface area (Å²) in [6.07, 6.45) is 0.912. The van der Waals surface area contributed by atoms with Gasteiger partial charge in [-0.05, 0) is 12.5 Å². The van der Waals surface area contributed by atoms with Crippen molar-refractivity contribution in [1.82, 2.24) is 0 Å². The van der Waals surface area contributed by atoms with Crippen molar-refractivity contribution in [2.75, 3.05) is 12.3 Å². The standard InChI is InChI=1S/C18H17NO3/c1-2-9-22-10-11-7-8-14-15(16(11)19)18(21)13-6-4-3-5-12(13)17(14)20/h3-8H,2,9-10,19H2,1H3. The molecule has 0 aromatic heterocycles. The van der Waals surface area contributed by atoms with E-state index in [0.717, 1.165) is 12.0 Å². The number of fused-ring (bicyclic) bond motifs is 2. The van der Waals surface area contributed by atoms with Crippen molar-refractivity contribution in [2.45, 2.75) is 20.0 Å². The van der Waals surface area contributed by atoms with Crippen molar-refractivity contribution >= 4 is 17.3 Å². The van der Waals surface area contributed by atoms with Gasteiger partial charge in [-0.3, -0.25) is 9.59 Å². The van der Waals surface area contributed by atoms with Crippen LogP contribution in [0.4, 0.5) is 5.69 Å². The molecule has 2 aromatic rings. The molecule has 0 atom stereocenters. The highest BCUT2D eigenvalue weighted by atomic mass is 16.5. The fraction of sp³-hybridized carbons (Fsp3) is 0.222. The van der Waals surface area contributed by atoms with Crippen molar-refractivity contribution in [1.29, 1.82) is 0 Å². The van der Waals surface area contributed by atoms with Gasteiger partial charge in [-0.15, -0.1) is 0 Å².